The summed E-state index contributed by atoms with van der Waals surface area (Å²) in [4.78, 5) is 8.92. The number of aromatic nitrogens is 2. The zero-order chi connectivity index (χ0) is 13.1. The fourth-order valence-electron chi connectivity index (χ4n) is 1.95. The van der Waals surface area contributed by atoms with Gasteiger partial charge in [0.15, 0.2) is 5.82 Å². The van der Waals surface area contributed by atoms with Crippen LogP contribution in [-0.4, -0.2) is 9.97 Å². The van der Waals surface area contributed by atoms with E-state index in [0.717, 1.165) is 29.1 Å². The highest BCUT2D eigenvalue weighted by molar-refractivity contribution is 5.55. The fraction of sp³-hybridized carbons (Fsp3) is 0.333. The smallest absolute Gasteiger partial charge is 0.159 e. The Hall–Kier alpha value is -1.74. The van der Waals surface area contributed by atoms with Gasteiger partial charge in [-0.05, 0) is 25.8 Å². The lowest BCUT2D eigenvalue weighted by atomic mass is 10.1. The fourth-order valence-corrected chi connectivity index (χ4v) is 1.95. The van der Waals surface area contributed by atoms with Crippen molar-refractivity contribution in [3.8, 4) is 11.4 Å². The van der Waals surface area contributed by atoms with E-state index in [0.29, 0.717) is 0 Å². The molecule has 94 valence electrons. The van der Waals surface area contributed by atoms with Gasteiger partial charge < -0.3 is 5.73 Å². The van der Waals surface area contributed by atoms with Crippen LogP contribution in [0.15, 0.2) is 30.5 Å². The van der Waals surface area contributed by atoms with Gasteiger partial charge in [0, 0.05) is 29.1 Å². The molecule has 0 bridgehead atoms. The van der Waals surface area contributed by atoms with Crippen molar-refractivity contribution in [2.75, 3.05) is 0 Å². The van der Waals surface area contributed by atoms with Crippen molar-refractivity contribution in [1.82, 2.24) is 9.97 Å². The van der Waals surface area contributed by atoms with Crippen molar-refractivity contribution in [3.63, 3.8) is 0 Å². The van der Waals surface area contributed by atoms with E-state index in [1.165, 1.54) is 5.56 Å². The third-order valence-electron chi connectivity index (χ3n) is 3.13. The maximum atomic E-state index is 5.86. The zero-order valence-corrected chi connectivity index (χ0v) is 11.1. The molecular formula is C15H19N3. The lowest BCUT2D eigenvalue weighted by Crippen LogP contribution is -2.09. The molecule has 0 saturated heterocycles. The zero-order valence-electron chi connectivity index (χ0n) is 11.1. The number of aryl methyl sites for hydroxylation is 2. The molecule has 0 saturated carbocycles. The molecule has 0 spiro atoms. The maximum Gasteiger partial charge on any atom is 0.159 e. The van der Waals surface area contributed by atoms with Gasteiger partial charge in [0.25, 0.3) is 0 Å². The van der Waals surface area contributed by atoms with Gasteiger partial charge in [-0.1, -0.05) is 31.2 Å². The minimum atomic E-state index is -0.0264. The first-order chi connectivity index (χ1) is 8.61. The number of hydrogen-bond acceptors (Lipinski definition) is 3. The SMILES string of the molecule is CCc1ccc(-c2ncc(C(C)N)c(C)n2)cc1. The standard InChI is InChI=1S/C15H19N3/c1-4-12-5-7-13(8-6-12)15-17-9-14(10(2)16)11(3)18-15/h5-10H,4,16H2,1-3H3. The van der Waals surface area contributed by atoms with Crippen molar-refractivity contribution in [1.29, 1.82) is 0 Å². The third-order valence-corrected chi connectivity index (χ3v) is 3.13. The molecule has 18 heavy (non-hydrogen) atoms. The van der Waals surface area contributed by atoms with Gasteiger partial charge in [-0.15, -0.1) is 0 Å². The molecule has 0 fully saturated rings. The first-order valence-electron chi connectivity index (χ1n) is 6.30. The summed E-state index contributed by atoms with van der Waals surface area (Å²) in [7, 11) is 0. The van der Waals surface area contributed by atoms with Crippen molar-refractivity contribution in [3.05, 3.63) is 47.3 Å². The number of nitrogens with two attached hydrogens (primary N) is 1. The molecule has 0 amide bonds. The van der Waals surface area contributed by atoms with Crippen LogP contribution in [0.3, 0.4) is 0 Å². The Labute approximate surface area is 108 Å². The second kappa shape index (κ2) is 5.27. The summed E-state index contributed by atoms with van der Waals surface area (Å²) in [6.07, 6.45) is 2.87. The van der Waals surface area contributed by atoms with Crippen molar-refractivity contribution >= 4 is 0 Å². The van der Waals surface area contributed by atoms with Gasteiger partial charge in [0.2, 0.25) is 0 Å². The Kier molecular flexibility index (Phi) is 3.72. The first kappa shape index (κ1) is 12.7. The summed E-state index contributed by atoms with van der Waals surface area (Å²) in [5, 5.41) is 0. The second-order valence-electron chi connectivity index (χ2n) is 4.57. The molecule has 1 aromatic carbocycles. The molecule has 1 aromatic heterocycles. The largest absolute Gasteiger partial charge is 0.324 e. The Morgan fingerprint density at radius 3 is 2.39 bits per heavy atom. The van der Waals surface area contributed by atoms with E-state index in [9.17, 15) is 0 Å². The van der Waals surface area contributed by atoms with Gasteiger partial charge in [0.05, 0.1) is 0 Å². The summed E-state index contributed by atoms with van der Waals surface area (Å²) in [6, 6.07) is 8.35. The van der Waals surface area contributed by atoms with Crippen LogP contribution < -0.4 is 5.73 Å². The third kappa shape index (κ3) is 2.57. The molecule has 3 heteroatoms. The Morgan fingerprint density at radius 1 is 1.22 bits per heavy atom. The van der Waals surface area contributed by atoms with Gasteiger partial charge in [-0.3, -0.25) is 0 Å². The average molecular weight is 241 g/mol. The van der Waals surface area contributed by atoms with Crippen LogP contribution in [0.4, 0.5) is 0 Å². The van der Waals surface area contributed by atoms with Crippen LogP contribution in [0.25, 0.3) is 11.4 Å². The number of benzene rings is 1. The highest BCUT2D eigenvalue weighted by Gasteiger charge is 2.08. The summed E-state index contributed by atoms with van der Waals surface area (Å²) in [5.41, 5.74) is 10.2. The van der Waals surface area contributed by atoms with Gasteiger partial charge in [-0.25, -0.2) is 9.97 Å². The molecule has 1 heterocycles. The van der Waals surface area contributed by atoms with E-state index in [4.69, 9.17) is 5.73 Å². The van der Waals surface area contributed by atoms with E-state index >= 15 is 0 Å². The molecule has 0 aliphatic heterocycles. The number of hydrogen-bond donors (Lipinski definition) is 1. The van der Waals surface area contributed by atoms with E-state index < -0.39 is 0 Å². The first-order valence-corrected chi connectivity index (χ1v) is 6.30. The van der Waals surface area contributed by atoms with E-state index in [-0.39, 0.29) is 6.04 Å². The Morgan fingerprint density at radius 2 is 1.89 bits per heavy atom. The predicted molar refractivity (Wildman–Crippen MR) is 74.2 cm³/mol. The van der Waals surface area contributed by atoms with Crippen LogP contribution in [0.1, 0.15) is 36.7 Å². The lowest BCUT2D eigenvalue weighted by Gasteiger charge is -2.10. The monoisotopic (exact) mass is 241 g/mol. The van der Waals surface area contributed by atoms with Crippen LogP contribution in [-0.2, 0) is 6.42 Å². The van der Waals surface area contributed by atoms with Crippen molar-refractivity contribution in [2.45, 2.75) is 33.2 Å². The van der Waals surface area contributed by atoms with Crippen LogP contribution >= 0.6 is 0 Å². The van der Waals surface area contributed by atoms with Gasteiger partial charge in [-0.2, -0.15) is 0 Å². The minimum Gasteiger partial charge on any atom is -0.324 e. The normalized spacial score (nSPS) is 12.4. The quantitative estimate of drug-likeness (QED) is 0.898. The molecule has 0 aliphatic carbocycles. The topological polar surface area (TPSA) is 51.8 Å². The van der Waals surface area contributed by atoms with E-state index in [1.54, 1.807) is 0 Å². The lowest BCUT2D eigenvalue weighted by molar-refractivity contribution is 0.790. The molecule has 0 radical (unpaired) electrons. The summed E-state index contributed by atoms with van der Waals surface area (Å²) < 4.78 is 0. The van der Waals surface area contributed by atoms with Crippen molar-refractivity contribution < 1.29 is 0 Å². The minimum absolute atomic E-state index is 0.0264. The predicted octanol–water partition coefficient (Wildman–Crippen LogP) is 3.03. The van der Waals surface area contributed by atoms with Gasteiger partial charge in [0.1, 0.15) is 0 Å². The van der Waals surface area contributed by atoms with Crippen LogP contribution in [0, 0.1) is 6.92 Å². The molecule has 3 nitrogen and oxygen atoms in total. The van der Waals surface area contributed by atoms with Gasteiger partial charge >= 0.3 is 0 Å². The summed E-state index contributed by atoms with van der Waals surface area (Å²) in [5.74, 6) is 0.763. The molecule has 1 atom stereocenters. The van der Waals surface area contributed by atoms with Crippen LogP contribution in [0.5, 0.6) is 0 Å². The number of nitrogens with zero attached hydrogens (tertiary/aromatic N) is 2. The molecule has 0 aliphatic rings. The number of rotatable bonds is 3. The average Bonchev–Trinajstić information content (AvgIpc) is 2.38. The molecule has 2 rings (SSSR count). The molecular weight excluding hydrogens is 222 g/mol. The molecule has 2 N–H and O–H groups in total. The maximum absolute atomic E-state index is 5.86. The summed E-state index contributed by atoms with van der Waals surface area (Å²) in [6.45, 7) is 6.07. The van der Waals surface area contributed by atoms with E-state index in [1.807, 2.05) is 20.0 Å². The van der Waals surface area contributed by atoms with Crippen LogP contribution in [0.2, 0.25) is 0 Å². The molecule has 2 aromatic rings. The highest BCUT2D eigenvalue weighted by Crippen LogP contribution is 2.19. The Bertz CT molecular complexity index is 530. The highest BCUT2D eigenvalue weighted by atomic mass is 14.9. The summed E-state index contributed by atoms with van der Waals surface area (Å²) >= 11 is 0. The molecule has 1 unspecified atom stereocenters. The van der Waals surface area contributed by atoms with Crippen molar-refractivity contribution in [2.24, 2.45) is 5.73 Å². The Balaban J connectivity index is 2.36. The second-order valence-corrected chi connectivity index (χ2v) is 4.57. The van der Waals surface area contributed by atoms with E-state index in [2.05, 4.69) is 41.2 Å².